The summed E-state index contributed by atoms with van der Waals surface area (Å²) < 4.78 is 5.41. The van der Waals surface area contributed by atoms with E-state index in [1.807, 2.05) is 0 Å². The van der Waals surface area contributed by atoms with Gasteiger partial charge in [0.25, 0.3) is 0 Å². The molecule has 0 radical (unpaired) electrons. The second-order valence-electron chi connectivity index (χ2n) is 3.50. The van der Waals surface area contributed by atoms with Crippen LogP contribution >= 0.6 is 12.4 Å². The summed E-state index contributed by atoms with van der Waals surface area (Å²) in [5.41, 5.74) is 2.64. The third-order valence-electron chi connectivity index (χ3n) is 2.37. The molecule has 1 heterocycles. The second kappa shape index (κ2) is 5.35. The van der Waals surface area contributed by atoms with Gasteiger partial charge in [-0.1, -0.05) is 29.8 Å². The molecule has 1 aromatic rings. The Balaban J connectivity index is 0.000000980. The average molecular weight is 214 g/mol. The largest absolute Gasteiger partial charge is 0.378 e. The number of benzene rings is 1. The van der Waals surface area contributed by atoms with Gasteiger partial charge < -0.3 is 10.1 Å². The maximum absolute atomic E-state index is 5.41. The van der Waals surface area contributed by atoms with E-state index in [9.17, 15) is 0 Å². The quantitative estimate of drug-likeness (QED) is 0.772. The Morgan fingerprint density at radius 2 is 2.29 bits per heavy atom. The van der Waals surface area contributed by atoms with E-state index < -0.39 is 0 Å². The number of aryl methyl sites for hydroxylation is 1. The molecular weight excluding hydrogens is 198 g/mol. The van der Waals surface area contributed by atoms with Gasteiger partial charge in [0.15, 0.2) is 0 Å². The molecule has 1 saturated heterocycles. The highest BCUT2D eigenvalue weighted by molar-refractivity contribution is 5.85. The van der Waals surface area contributed by atoms with Crippen LogP contribution in [0.4, 0.5) is 0 Å². The summed E-state index contributed by atoms with van der Waals surface area (Å²) in [6, 6.07) is 8.97. The van der Waals surface area contributed by atoms with Crippen LogP contribution in [0.5, 0.6) is 0 Å². The van der Waals surface area contributed by atoms with Crippen LogP contribution in [0.15, 0.2) is 24.3 Å². The smallest absolute Gasteiger partial charge is 0.0662 e. The lowest BCUT2D eigenvalue weighted by Crippen LogP contribution is -2.34. The van der Waals surface area contributed by atoms with Crippen molar-refractivity contribution in [2.24, 2.45) is 0 Å². The van der Waals surface area contributed by atoms with Crippen LogP contribution in [0.25, 0.3) is 0 Å². The van der Waals surface area contributed by atoms with E-state index in [0.29, 0.717) is 6.04 Å². The topological polar surface area (TPSA) is 21.3 Å². The van der Waals surface area contributed by atoms with Crippen molar-refractivity contribution in [3.63, 3.8) is 0 Å². The zero-order valence-electron chi connectivity index (χ0n) is 8.32. The molecule has 0 aromatic heterocycles. The fraction of sp³-hybridized carbons (Fsp3) is 0.455. The molecule has 2 nitrogen and oxygen atoms in total. The minimum absolute atomic E-state index is 0. The third-order valence-corrected chi connectivity index (χ3v) is 2.37. The Morgan fingerprint density at radius 3 is 2.93 bits per heavy atom. The monoisotopic (exact) mass is 213 g/mol. The van der Waals surface area contributed by atoms with Gasteiger partial charge in [-0.2, -0.15) is 0 Å². The van der Waals surface area contributed by atoms with E-state index in [1.54, 1.807) is 0 Å². The van der Waals surface area contributed by atoms with Crippen molar-refractivity contribution in [1.29, 1.82) is 0 Å². The van der Waals surface area contributed by atoms with Crippen molar-refractivity contribution in [3.8, 4) is 0 Å². The zero-order chi connectivity index (χ0) is 9.10. The minimum atomic E-state index is 0. The number of hydrogen-bond donors (Lipinski definition) is 1. The Hall–Kier alpha value is -0.570. The molecule has 0 saturated carbocycles. The molecule has 1 aliphatic rings. The summed E-state index contributed by atoms with van der Waals surface area (Å²) in [6.45, 7) is 4.71. The van der Waals surface area contributed by atoms with E-state index in [4.69, 9.17) is 4.74 Å². The van der Waals surface area contributed by atoms with Crippen molar-refractivity contribution >= 4 is 12.4 Å². The van der Waals surface area contributed by atoms with Gasteiger partial charge in [-0.3, -0.25) is 0 Å². The molecule has 0 bridgehead atoms. The molecule has 78 valence electrons. The third kappa shape index (κ3) is 2.71. The number of ether oxygens (including phenoxy) is 1. The Labute approximate surface area is 91.1 Å². The molecule has 0 aliphatic carbocycles. The maximum Gasteiger partial charge on any atom is 0.0662 e. The Kier molecular flexibility index (Phi) is 4.39. The van der Waals surface area contributed by atoms with Crippen LogP contribution in [-0.2, 0) is 4.74 Å². The Morgan fingerprint density at radius 1 is 1.43 bits per heavy atom. The van der Waals surface area contributed by atoms with E-state index in [0.717, 1.165) is 19.8 Å². The number of halogens is 1. The fourth-order valence-corrected chi connectivity index (χ4v) is 1.67. The number of nitrogens with one attached hydrogen (secondary N) is 1. The first-order valence-electron chi connectivity index (χ1n) is 4.74. The van der Waals surface area contributed by atoms with Crippen LogP contribution in [0.1, 0.15) is 17.2 Å². The van der Waals surface area contributed by atoms with E-state index >= 15 is 0 Å². The van der Waals surface area contributed by atoms with Crippen LogP contribution < -0.4 is 5.32 Å². The average Bonchev–Trinajstić information content (AvgIpc) is 2.19. The fourth-order valence-electron chi connectivity index (χ4n) is 1.67. The highest BCUT2D eigenvalue weighted by atomic mass is 35.5. The van der Waals surface area contributed by atoms with Gasteiger partial charge >= 0.3 is 0 Å². The van der Waals surface area contributed by atoms with Crippen LogP contribution in [0.2, 0.25) is 0 Å². The van der Waals surface area contributed by atoms with E-state index in [1.165, 1.54) is 11.1 Å². The molecule has 1 fully saturated rings. The molecule has 14 heavy (non-hydrogen) atoms. The van der Waals surface area contributed by atoms with Crippen LogP contribution in [0, 0.1) is 6.92 Å². The summed E-state index contributed by atoms with van der Waals surface area (Å²) in [4.78, 5) is 0. The summed E-state index contributed by atoms with van der Waals surface area (Å²) >= 11 is 0. The molecule has 3 heteroatoms. The second-order valence-corrected chi connectivity index (χ2v) is 3.50. The number of morpholine rings is 1. The molecule has 1 N–H and O–H groups in total. The van der Waals surface area contributed by atoms with E-state index in [2.05, 4.69) is 36.5 Å². The van der Waals surface area contributed by atoms with Crippen molar-refractivity contribution in [2.75, 3.05) is 19.8 Å². The molecular formula is C11H16ClNO. The predicted octanol–water partition coefficient (Wildman–Crippen LogP) is 2.08. The first-order chi connectivity index (χ1) is 6.36. The number of hydrogen-bond acceptors (Lipinski definition) is 2. The van der Waals surface area contributed by atoms with Gasteiger partial charge in [-0.05, 0) is 12.5 Å². The molecule has 0 spiro atoms. The van der Waals surface area contributed by atoms with Gasteiger partial charge in [-0.15, -0.1) is 12.4 Å². The first-order valence-corrected chi connectivity index (χ1v) is 4.74. The summed E-state index contributed by atoms with van der Waals surface area (Å²) in [7, 11) is 0. The normalized spacial score (nSPS) is 21.4. The van der Waals surface area contributed by atoms with Crippen LogP contribution in [0.3, 0.4) is 0 Å². The summed E-state index contributed by atoms with van der Waals surface area (Å²) in [5, 5.41) is 3.44. The van der Waals surface area contributed by atoms with Gasteiger partial charge in [0.05, 0.1) is 19.3 Å². The highest BCUT2D eigenvalue weighted by Crippen LogP contribution is 2.16. The molecule has 1 aliphatic heterocycles. The zero-order valence-corrected chi connectivity index (χ0v) is 9.14. The summed E-state index contributed by atoms with van der Waals surface area (Å²) in [6.07, 6.45) is 0. The summed E-state index contributed by atoms with van der Waals surface area (Å²) in [5.74, 6) is 0. The van der Waals surface area contributed by atoms with Gasteiger partial charge in [-0.25, -0.2) is 0 Å². The lowest BCUT2D eigenvalue weighted by Gasteiger charge is -2.24. The van der Waals surface area contributed by atoms with Gasteiger partial charge in [0, 0.05) is 6.54 Å². The first kappa shape index (κ1) is 11.5. The SMILES string of the molecule is Cc1cccc(C2COCCN2)c1.Cl. The van der Waals surface area contributed by atoms with Crippen LogP contribution in [-0.4, -0.2) is 19.8 Å². The molecule has 1 atom stereocenters. The molecule has 1 aromatic carbocycles. The predicted molar refractivity (Wildman–Crippen MR) is 60.0 cm³/mol. The lowest BCUT2D eigenvalue weighted by molar-refractivity contribution is 0.0769. The van der Waals surface area contributed by atoms with Gasteiger partial charge in [0.2, 0.25) is 0 Å². The van der Waals surface area contributed by atoms with E-state index in [-0.39, 0.29) is 12.4 Å². The van der Waals surface area contributed by atoms with Gasteiger partial charge in [0.1, 0.15) is 0 Å². The van der Waals surface area contributed by atoms with Crippen molar-refractivity contribution in [1.82, 2.24) is 5.32 Å². The molecule has 1 unspecified atom stereocenters. The standard InChI is InChI=1S/C11H15NO.ClH/c1-9-3-2-4-10(7-9)11-8-13-6-5-12-11;/h2-4,7,11-12H,5-6,8H2,1H3;1H. The lowest BCUT2D eigenvalue weighted by atomic mass is 10.0. The minimum Gasteiger partial charge on any atom is -0.378 e. The maximum atomic E-state index is 5.41. The number of rotatable bonds is 1. The molecule has 2 rings (SSSR count). The van der Waals surface area contributed by atoms with Crippen molar-refractivity contribution in [2.45, 2.75) is 13.0 Å². The van der Waals surface area contributed by atoms with Crippen molar-refractivity contribution < 1.29 is 4.74 Å². The Bertz CT molecular complexity index is 284. The molecule has 0 amide bonds. The van der Waals surface area contributed by atoms with Crippen molar-refractivity contribution in [3.05, 3.63) is 35.4 Å². The highest BCUT2D eigenvalue weighted by Gasteiger charge is 2.14.